The van der Waals surface area contributed by atoms with E-state index in [0.29, 0.717) is 18.1 Å². The highest BCUT2D eigenvalue weighted by atomic mass is 16.5. The number of carbonyl (C=O) groups excluding carboxylic acids is 1. The highest BCUT2D eigenvalue weighted by Crippen LogP contribution is 2.12. The molecule has 0 aliphatic carbocycles. The van der Waals surface area contributed by atoms with E-state index < -0.39 is 0 Å². The Labute approximate surface area is 107 Å². The molecule has 0 amide bonds. The lowest BCUT2D eigenvalue weighted by Gasteiger charge is -2.26. The molecule has 1 saturated heterocycles. The predicted octanol–water partition coefficient (Wildman–Crippen LogP) is 0.914. The number of hydrogen-bond donors (Lipinski definition) is 0. The second kappa shape index (κ2) is 6.47. The van der Waals surface area contributed by atoms with Crippen LogP contribution in [0.15, 0.2) is 12.3 Å². The first-order valence-corrected chi connectivity index (χ1v) is 6.14. The second-order valence-electron chi connectivity index (χ2n) is 4.30. The summed E-state index contributed by atoms with van der Waals surface area (Å²) < 4.78 is 10.8. The molecule has 1 aromatic heterocycles. The van der Waals surface area contributed by atoms with Crippen LogP contribution in [0.1, 0.15) is 15.9 Å². The zero-order valence-electron chi connectivity index (χ0n) is 10.6. The van der Waals surface area contributed by atoms with Crippen molar-refractivity contribution in [3.05, 3.63) is 23.4 Å². The lowest BCUT2D eigenvalue weighted by atomic mass is 10.2. The normalized spacial score (nSPS) is 16.5. The number of hydrogen-bond acceptors (Lipinski definition) is 5. The third-order valence-electron chi connectivity index (χ3n) is 3.01. The van der Waals surface area contributed by atoms with E-state index in [-0.39, 0.29) is 0 Å². The van der Waals surface area contributed by atoms with Crippen LogP contribution < -0.4 is 4.74 Å². The van der Waals surface area contributed by atoms with Crippen LogP contribution in [0, 0.1) is 6.92 Å². The Balaban J connectivity index is 1.80. The van der Waals surface area contributed by atoms with Gasteiger partial charge >= 0.3 is 0 Å². The zero-order valence-corrected chi connectivity index (χ0v) is 10.6. The molecule has 18 heavy (non-hydrogen) atoms. The molecule has 0 N–H and O–H groups in total. The molecule has 98 valence electrons. The summed E-state index contributed by atoms with van der Waals surface area (Å²) in [5.41, 5.74) is 1.50. The van der Waals surface area contributed by atoms with Gasteiger partial charge in [0.1, 0.15) is 6.61 Å². The van der Waals surface area contributed by atoms with Gasteiger partial charge in [0.2, 0.25) is 5.88 Å². The number of aldehydes is 1. The largest absolute Gasteiger partial charge is 0.476 e. The van der Waals surface area contributed by atoms with Crippen molar-refractivity contribution in [2.45, 2.75) is 6.92 Å². The van der Waals surface area contributed by atoms with Crippen LogP contribution in [0.25, 0.3) is 0 Å². The first-order valence-electron chi connectivity index (χ1n) is 6.14. The van der Waals surface area contributed by atoms with Crippen LogP contribution in [0.5, 0.6) is 5.88 Å². The van der Waals surface area contributed by atoms with E-state index in [9.17, 15) is 4.79 Å². The molecular weight excluding hydrogens is 232 g/mol. The summed E-state index contributed by atoms with van der Waals surface area (Å²) >= 11 is 0. The molecular formula is C13H18N2O3. The lowest BCUT2D eigenvalue weighted by molar-refractivity contribution is 0.0320. The summed E-state index contributed by atoms with van der Waals surface area (Å²) in [6, 6.07) is 1.68. The van der Waals surface area contributed by atoms with E-state index >= 15 is 0 Å². The Morgan fingerprint density at radius 3 is 3.00 bits per heavy atom. The van der Waals surface area contributed by atoms with Crippen molar-refractivity contribution in [3.63, 3.8) is 0 Å². The molecule has 2 heterocycles. The molecule has 5 nitrogen and oxygen atoms in total. The first-order chi connectivity index (χ1) is 8.79. The van der Waals surface area contributed by atoms with Crippen molar-refractivity contribution in [1.29, 1.82) is 0 Å². The van der Waals surface area contributed by atoms with Crippen LogP contribution >= 0.6 is 0 Å². The number of morpholine rings is 1. The topological polar surface area (TPSA) is 51.7 Å². The van der Waals surface area contributed by atoms with Gasteiger partial charge in [-0.1, -0.05) is 0 Å². The minimum absolute atomic E-state index is 0.510. The van der Waals surface area contributed by atoms with Crippen molar-refractivity contribution >= 4 is 6.29 Å². The fraction of sp³-hybridized carbons (Fsp3) is 0.538. The number of aromatic nitrogens is 1. The minimum atomic E-state index is 0.510. The van der Waals surface area contributed by atoms with E-state index in [4.69, 9.17) is 9.47 Å². The standard InChI is InChI=1S/C13H18N2O3/c1-11-9-14-13(8-12(11)10-16)18-7-4-15-2-5-17-6-3-15/h8-10H,2-7H2,1H3. The van der Waals surface area contributed by atoms with Gasteiger partial charge in [0.25, 0.3) is 0 Å². The molecule has 1 aliphatic heterocycles. The van der Waals surface area contributed by atoms with E-state index in [1.165, 1.54) is 0 Å². The zero-order chi connectivity index (χ0) is 12.8. The predicted molar refractivity (Wildman–Crippen MR) is 67.1 cm³/mol. The molecule has 0 bridgehead atoms. The van der Waals surface area contributed by atoms with Gasteiger partial charge in [0.15, 0.2) is 6.29 Å². The maximum Gasteiger partial charge on any atom is 0.213 e. The Kier molecular flexibility index (Phi) is 4.66. The quantitative estimate of drug-likeness (QED) is 0.727. The van der Waals surface area contributed by atoms with Crippen molar-refractivity contribution in [3.8, 4) is 5.88 Å². The van der Waals surface area contributed by atoms with E-state index in [0.717, 1.165) is 44.7 Å². The summed E-state index contributed by atoms with van der Waals surface area (Å²) in [5.74, 6) is 0.510. The third-order valence-corrected chi connectivity index (χ3v) is 3.01. The Bertz CT molecular complexity index is 403. The number of carbonyl (C=O) groups is 1. The van der Waals surface area contributed by atoms with Crippen LogP contribution in [0.4, 0.5) is 0 Å². The van der Waals surface area contributed by atoms with Gasteiger partial charge < -0.3 is 9.47 Å². The Morgan fingerprint density at radius 1 is 1.50 bits per heavy atom. The smallest absolute Gasteiger partial charge is 0.213 e. The van der Waals surface area contributed by atoms with Crippen LogP contribution in [-0.4, -0.2) is 55.6 Å². The van der Waals surface area contributed by atoms with Gasteiger partial charge in [-0.25, -0.2) is 4.98 Å². The van der Waals surface area contributed by atoms with Gasteiger partial charge in [0, 0.05) is 37.5 Å². The monoisotopic (exact) mass is 250 g/mol. The number of nitrogens with zero attached hydrogens (tertiary/aromatic N) is 2. The van der Waals surface area contributed by atoms with Gasteiger partial charge in [-0.05, 0) is 12.5 Å². The first kappa shape index (κ1) is 13.0. The number of pyridine rings is 1. The van der Waals surface area contributed by atoms with Crippen LogP contribution in [-0.2, 0) is 4.74 Å². The summed E-state index contributed by atoms with van der Waals surface area (Å²) in [4.78, 5) is 17.2. The second-order valence-corrected chi connectivity index (χ2v) is 4.30. The fourth-order valence-electron chi connectivity index (χ4n) is 1.83. The summed E-state index contributed by atoms with van der Waals surface area (Å²) in [5, 5.41) is 0. The molecule has 0 aromatic carbocycles. The lowest BCUT2D eigenvalue weighted by Crippen LogP contribution is -2.38. The van der Waals surface area contributed by atoms with Crippen LogP contribution in [0.2, 0.25) is 0 Å². The van der Waals surface area contributed by atoms with Crippen molar-refractivity contribution in [1.82, 2.24) is 9.88 Å². The molecule has 1 aliphatic rings. The SMILES string of the molecule is Cc1cnc(OCCN2CCOCC2)cc1C=O. The molecule has 2 rings (SSSR count). The summed E-state index contributed by atoms with van der Waals surface area (Å²) in [7, 11) is 0. The average Bonchev–Trinajstić information content (AvgIpc) is 2.42. The average molecular weight is 250 g/mol. The van der Waals surface area contributed by atoms with Gasteiger partial charge in [-0.15, -0.1) is 0 Å². The van der Waals surface area contributed by atoms with E-state index in [1.54, 1.807) is 12.3 Å². The number of aryl methyl sites for hydroxylation is 1. The van der Waals surface area contributed by atoms with E-state index in [1.807, 2.05) is 6.92 Å². The molecule has 0 saturated carbocycles. The van der Waals surface area contributed by atoms with Crippen molar-refractivity contribution < 1.29 is 14.3 Å². The van der Waals surface area contributed by atoms with Gasteiger partial charge in [-0.3, -0.25) is 9.69 Å². The third kappa shape index (κ3) is 3.51. The maximum absolute atomic E-state index is 10.8. The van der Waals surface area contributed by atoms with Crippen molar-refractivity contribution in [2.75, 3.05) is 39.5 Å². The summed E-state index contributed by atoms with van der Waals surface area (Å²) in [6.45, 7) is 6.77. The molecule has 0 spiro atoms. The molecule has 1 fully saturated rings. The maximum atomic E-state index is 10.8. The number of rotatable bonds is 5. The Morgan fingerprint density at radius 2 is 2.28 bits per heavy atom. The molecule has 5 heteroatoms. The minimum Gasteiger partial charge on any atom is -0.476 e. The molecule has 0 unspecified atom stereocenters. The Hall–Kier alpha value is -1.46. The highest BCUT2D eigenvalue weighted by molar-refractivity contribution is 5.77. The van der Waals surface area contributed by atoms with Crippen LogP contribution in [0.3, 0.4) is 0 Å². The van der Waals surface area contributed by atoms with E-state index in [2.05, 4.69) is 9.88 Å². The molecule has 0 atom stereocenters. The molecule has 0 radical (unpaired) electrons. The fourth-order valence-corrected chi connectivity index (χ4v) is 1.83. The van der Waals surface area contributed by atoms with Crippen molar-refractivity contribution in [2.24, 2.45) is 0 Å². The van der Waals surface area contributed by atoms with Gasteiger partial charge in [-0.2, -0.15) is 0 Å². The molecule has 1 aromatic rings. The van der Waals surface area contributed by atoms with Gasteiger partial charge in [0.05, 0.1) is 13.2 Å². The highest BCUT2D eigenvalue weighted by Gasteiger charge is 2.10. The number of ether oxygens (including phenoxy) is 2. The summed E-state index contributed by atoms with van der Waals surface area (Å²) in [6.07, 6.45) is 2.49.